The van der Waals surface area contributed by atoms with Crippen molar-refractivity contribution in [1.29, 1.82) is 0 Å². The molecular weight excluding hydrogens is 306 g/mol. The molecule has 132 valence electrons. The normalized spacial score (nSPS) is 32.5. The highest BCUT2D eigenvalue weighted by atomic mass is 16.2. The third kappa shape index (κ3) is 2.65. The van der Waals surface area contributed by atoms with Crippen LogP contribution in [-0.4, -0.2) is 60.2 Å². The zero-order valence-corrected chi connectivity index (χ0v) is 14.3. The number of carbonyl (C=O) groups is 3. The van der Waals surface area contributed by atoms with Crippen LogP contribution in [0.3, 0.4) is 0 Å². The highest BCUT2D eigenvalue weighted by Crippen LogP contribution is 2.39. The van der Waals surface area contributed by atoms with E-state index < -0.39 is 0 Å². The van der Waals surface area contributed by atoms with Gasteiger partial charge in [-0.05, 0) is 44.1 Å². The smallest absolute Gasteiger partial charge is 0.242 e. The fraction of sp³-hybridized carbons (Fsp3) is 0.833. The number of amides is 3. The maximum absolute atomic E-state index is 12.6. The first-order chi connectivity index (χ1) is 11.6. The van der Waals surface area contributed by atoms with Gasteiger partial charge in [0.15, 0.2) is 0 Å². The fourth-order valence-electron chi connectivity index (χ4n) is 5.07. The summed E-state index contributed by atoms with van der Waals surface area (Å²) in [5, 5.41) is 3.42. The lowest BCUT2D eigenvalue weighted by Gasteiger charge is -2.39. The number of hydrogen-bond acceptors (Lipinski definition) is 4. The van der Waals surface area contributed by atoms with Gasteiger partial charge in [-0.25, -0.2) is 0 Å². The molecule has 3 aliphatic heterocycles. The first-order valence-corrected chi connectivity index (χ1v) is 9.43. The SMILES string of the molecule is O=C(CN1C(=O)C2CCCCC2C1=O)N1CCC2(CCNC2)CC1. The average molecular weight is 333 g/mol. The second-order valence-electron chi connectivity index (χ2n) is 8.07. The van der Waals surface area contributed by atoms with E-state index in [4.69, 9.17) is 0 Å². The van der Waals surface area contributed by atoms with Gasteiger partial charge in [0.2, 0.25) is 17.7 Å². The number of hydrogen-bond donors (Lipinski definition) is 1. The molecule has 1 spiro atoms. The van der Waals surface area contributed by atoms with E-state index in [-0.39, 0.29) is 36.1 Å². The Morgan fingerprint density at radius 3 is 2.21 bits per heavy atom. The van der Waals surface area contributed by atoms with Crippen LogP contribution >= 0.6 is 0 Å². The third-order valence-corrected chi connectivity index (χ3v) is 6.73. The summed E-state index contributed by atoms with van der Waals surface area (Å²) in [4.78, 5) is 40.7. The van der Waals surface area contributed by atoms with Gasteiger partial charge in [0.25, 0.3) is 0 Å². The van der Waals surface area contributed by atoms with Crippen LogP contribution in [0, 0.1) is 17.3 Å². The highest BCUT2D eigenvalue weighted by Gasteiger charge is 2.49. The van der Waals surface area contributed by atoms with Gasteiger partial charge in [0, 0.05) is 19.6 Å². The van der Waals surface area contributed by atoms with Crippen LogP contribution in [0.15, 0.2) is 0 Å². The number of likely N-dealkylation sites (tertiary alicyclic amines) is 2. The molecule has 2 atom stereocenters. The van der Waals surface area contributed by atoms with Crippen LogP contribution in [0.5, 0.6) is 0 Å². The van der Waals surface area contributed by atoms with Crippen LogP contribution in [-0.2, 0) is 14.4 Å². The zero-order valence-electron chi connectivity index (χ0n) is 14.3. The largest absolute Gasteiger partial charge is 0.341 e. The first kappa shape index (κ1) is 16.1. The Labute approximate surface area is 142 Å². The zero-order chi connectivity index (χ0) is 16.7. The highest BCUT2D eigenvalue weighted by molar-refractivity contribution is 6.07. The molecule has 1 saturated carbocycles. The molecule has 0 aromatic heterocycles. The predicted molar refractivity (Wildman–Crippen MR) is 87.9 cm³/mol. The van der Waals surface area contributed by atoms with Crippen molar-refractivity contribution in [1.82, 2.24) is 15.1 Å². The Balaban J connectivity index is 1.36. The lowest BCUT2D eigenvalue weighted by Crippen LogP contribution is -2.48. The number of rotatable bonds is 2. The molecule has 0 radical (unpaired) electrons. The van der Waals surface area contributed by atoms with Crippen molar-refractivity contribution in [2.45, 2.75) is 44.9 Å². The van der Waals surface area contributed by atoms with E-state index >= 15 is 0 Å². The van der Waals surface area contributed by atoms with E-state index in [0.29, 0.717) is 5.41 Å². The van der Waals surface area contributed by atoms with E-state index in [0.717, 1.165) is 64.7 Å². The fourth-order valence-corrected chi connectivity index (χ4v) is 5.07. The summed E-state index contributed by atoms with van der Waals surface area (Å²) in [5.74, 6) is -0.587. The van der Waals surface area contributed by atoms with Gasteiger partial charge in [-0.2, -0.15) is 0 Å². The molecule has 6 nitrogen and oxygen atoms in total. The molecule has 1 aliphatic carbocycles. The molecule has 24 heavy (non-hydrogen) atoms. The van der Waals surface area contributed by atoms with Crippen molar-refractivity contribution in [3.8, 4) is 0 Å². The molecule has 0 bridgehead atoms. The Morgan fingerprint density at radius 1 is 1.04 bits per heavy atom. The van der Waals surface area contributed by atoms with E-state index in [1.165, 1.54) is 11.3 Å². The summed E-state index contributed by atoms with van der Waals surface area (Å²) in [6.07, 6.45) is 6.89. The summed E-state index contributed by atoms with van der Waals surface area (Å²) in [7, 11) is 0. The van der Waals surface area contributed by atoms with Crippen LogP contribution < -0.4 is 5.32 Å². The Kier molecular flexibility index (Phi) is 4.11. The quantitative estimate of drug-likeness (QED) is 0.758. The van der Waals surface area contributed by atoms with Crippen molar-refractivity contribution in [3.63, 3.8) is 0 Å². The Hall–Kier alpha value is -1.43. The monoisotopic (exact) mass is 333 g/mol. The number of nitrogens with one attached hydrogen (secondary N) is 1. The number of fused-ring (bicyclic) bond motifs is 1. The van der Waals surface area contributed by atoms with E-state index in [1.807, 2.05) is 4.90 Å². The molecular formula is C18H27N3O3. The van der Waals surface area contributed by atoms with Gasteiger partial charge in [-0.1, -0.05) is 12.8 Å². The number of carbonyl (C=O) groups excluding carboxylic acids is 3. The minimum atomic E-state index is -0.159. The Bertz CT molecular complexity index is 522. The average Bonchev–Trinajstić information content (AvgIpc) is 3.15. The van der Waals surface area contributed by atoms with Crippen LogP contribution in [0.4, 0.5) is 0 Å². The molecule has 1 N–H and O–H groups in total. The van der Waals surface area contributed by atoms with Crippen LogP contribution in [0.1, 0.15) is 44.9 Å². The second kappa shape index (κ2) is 6.14. The predicted octanol–water partition coefficient (Wildman–Crippen LogP) is 0.764. The standard InChI is InChI=1S/C18H27N3O3/c22-15(20-9-6-18(7-10-20)5-8-19-12-18)11-21-16(23)13-3-1-2-4-14(13)17(21)24/h13-14,19H,1-12H2. The van der Waals surface area contributed by atoms with Gasteiger partial charge in [-0.15, -0.1) is 0 Å². The molecule has 3 amide bonds. The van der Waals surface area contributed by atoms with Crippen molar-refractivity contribution >= 4 is 17.7 Å². The summed E-state index contributed by atoms with van der Waals surface area (Å²) >= 11 is 0. The third-order valence-electron chi connectivity index (χ3n) is 6.73. The lowest BCUT2D eigenvalue weighted by molar-refractivity contribution is -0.147. The minimum Gasteiger partial charge on any atom is -0.341 e. The summed E-state index contributed by atoms with van der Waals surface area (Å²) in [5.41, 5.74) is 0.366. The van der Waals surface area contributed by atoms with E-state index in [2.05, 4.69) is 5.32 Å². The van der Waals surface area contributed by atoms with Crippen molar-refractivity contribution < 1.29 is 14.4 Å². The summed E-state index contributed by atoms with van der Waals surface area (Å²) < 4.78 is 0. The lowest BCUT2D eigenvalue weighted by atomic mass is 9.78. The van der Waals surface area contributed by atoms with Crippen LogP contribution in [0.2, 0.25) is 0 Å². The van der Waals surface area contributed by atoms with E-state index in [9.17, 15) is 14.4 Å². The molecule has 4 rings (SSSR count). The second-order valence-corrected chi connectivity index (χ2v) is 8.07. The molecule has 2 unspecified atom stereocenters. The van der Waals surface area contributed by atoms with E-state index in [1.54, 1.807) is 0 Å². The number of imide groups is 1. The topological polar surface area (TPSA) is 69.7 Å². The van der Waals surface area contributed by atoms with Gasteiger partial charge >= 0.3 is 0 Å². The van der Waals surface area contributed by atoms with Crippen LogP contribution in [0.25, 0.3) is 0 Å². The van der Waals surface area contributed by atoms with Gasteiger partial charge < -0.3 is 10.2 Å². The number of nitrogens with zero attached hydrogens (tertiary/aromatic N) is 2. The van der Waals surface area contributed by atoms with Crippen molar-refractivity contribution in [2.24, 2.45) is 17.3 Å². The first-order valence-electron chi connectivity index (χ1n) is 9.43. The molecule has 0 aromatic rings. The molecule has 3 saturated heterocycles. The van der Waals surface area contributed by atoms with Gasteiger partial charge in [0.1, 0.15) is 6.54 Å². The molecule has 4 fully saturated rings. The molecule has 4 aliphatic rings. The molecule has 0 aromatic carbocycles. The van der Waals surface area contributed by atoms with Crippen molar-refractivity contribution in [2.75, 3.05) is 32.7 Å². The maximum Gasteiger partial charge on any atom is 0.242 e. The summed E-state index contributed by atoms with van der Waals surface area (Å²) in [6, 6.07) is 0. The Morgan fingerprint density at radius 2 is 1.67 bits per heavy atom. The molecule has 6 heteroatoms. The van der Waals surface area contributed by atoms with Gasteiger partial charge in [-0.3, -0.25) is 19.3 Å². The minimum absolute atomic E-state index is 0.0457. The van der Waals surface area contributed by atoms with Gasteiger partial charge in [0.05, 0.1) is 11.8 Å². The molecule has 3 heterocycles. The maximum atomic E-state index is 12.6. The summed E-state index contributed by atoms with van der Waals surface area (Å²) in [6.45, 7) is 3.60. The number of piperidine rings is 1. The van der Waals surface area contributed by atoms with Crippen molar-refractivity contribution in [3.05, 3.63) is 0 Å².